The topological polar surface area (TPSA) is 119 Å². The second kappa shape index (κ2) is 9.24. The van der Waals surface area contributed by atoms with Gasteiger partial charge in [-0.1, -0.05) is 36.4 Å². The molecule has 1 heterocycles. The van der Waals surface area contributed by atoms with E-state index in [0.717, 1.165) is 17.6 Å². The number of hydrogen-bond acceptors (Lipinski definition) is 8. The van der Waals surface area contributed by atoms with Gasteiger partial charge in [0.05, 0.1) is 22.5 Å². The molecule has 0 spiro atoms. The summed E-state index contributed by atoms with van der Waals surface area (Å²) in [6, 6.07) is 12.9. The first-order chi connectivity index (χ1) is 15.3. The number of aromatic nitrogens is 1. The maximum atomic E-state index is 13.5. The van der Waals surface area contributed by atoms with Gasteiger partial charge in [0.1, 0.15) is 14.8 Å². The summed E-state index contributed by atoms with van der Waals surface area (Å²) in [6.45, 7) is 5.19. The molecule has 0 saturated carbocycles. The highest BCUT2D eigenvalue weighted by Gasteiger charge is 2.27. The van der Waals surface area contributed by atoms with E-state index in [9.17, 15) is 21.6 Å². The van der Waals surface area contributed by atoms with Crippen molar-refractivity contribution in [3.05, 3.63) is 59.7 Å². The smallest absolute Gasteiger partial charge is 0.408 e. The zero-order valence-corrected chi connectivity index (χ0v) is 21.0. The summed E-state index contributed by atoms with van der Waals surface area (Å²) in [6.07, 6.45) is 1.58. The number of ether oxygens (including phenoxy) is 1. The molecule has 1 N–H and O–H groups in total. The average Bonchev–Trinajstić information content (AvgIpc) is 3.21. The van der Waals surface area contributed by atoms with Crippen molar-refractivity contribution in [1.82, 2.24) is 10.3 Å². The predicted molar refractivity (Wildman–Crippen MR) is 126 cm³/mol. The van der Waals surface area contributed by atoms with Crippen LogP contribution < -0.4 is 5.32 Å². The highest BCUT2D eigenvalue weighted by Crippen LogP contribution is 2.35. The Hall–Kier alpha value is -2.76. The number of nitrogens with zero attached hydrogens (tertiary/aromatic N) is 1. The van der Waals surface area contributed by atoms with Gasteiger partial charge in [-0.25, -0.2) is 26.6 Å². The van der Waals surface area contributed by atoms with Crippen LogP contribution in [-0.4, -0.2) is 39.8 Å². The van der Waals surface area contributed by atoms with Crippen LogP contribution in [0.2, 0.25) is 0 Å². The summed E-state index contributed by atoms with van der Waals surface area (Å²) in [5, 5.41) is 2.90. The third-order valence-corrected chi connectivity index (χ3v) is 8.70. The SMILES string of the molecule is CC(C)(C)OC(=O)NCc1ncc(S(=O)(=O)c2cc(S(C)(=O)=O)ccc2-c2ccccc2)s1. The number of rotatable bonds is 6. The normalized spacial score (nSPS) is 12.4. The van der Waals surface area contributed by atoms with Crippen molar-refractivity contribution in [2.45, 2.75) is 46.9 Å². The van der Waals surface area contributed by atoms with Gasteiger partial charge < -0.3 is 10.1 Å². The molecule has 0 aliphatic rings. The Kier molecular flexibility index (Phi) is 6.96. The average molecular weight is 509 g/mol. The molecule has 0 atom stereocenters. The van der Waals surface area contributed by atoms with Crippen LogP contribution >= 0.6 is 11.3 Å². The zero-order chi connectivity index (χ0) is 24.4. The van der Waals surface area contributed by atoms with E-state index in [0.29, 0.717) is 16.1 Å². The van der Waals surface area contributed by atoms with Crippen molar-refractivity contribution in [2.75, 3.05) is 6.26 Å². The number of thiazole rings is 1. The van der Waals surface area contributed by atoms with Gasteiger partial charge >= 0.3 is 6.09 Å². The van der Waals surface area contributed by atoms with Crippen LogP contribution in [0.25, 0.3) is 11.1 Å². The van der Waals surface area contributed by atoms with Crippen LogP contribution in [-0.2, 0) is 31.0 Å². The van der Waals surface area contributed by atoms with Crippen molar-refractivity contribution < 1.29 is 26.4 Å². The van der Waals surface area contributed by atoms with Gasteiger partial charge in [-0.05, 0) is 38.5 Å². The highest BCUT2D eigenvalue weighted by atomic mass is 32.2. The molecule has 3 rings (SSSR count). The van der Waals surface area contributed by atoms with Crippen molar-refractivity contribution in [3.63, 3.8) is 0 Å². The number of sulfone groups is 2. The third-order valence-electron chi connectivity index (χ3n) is 4.34. The van der Waals surface area contributed by atoms with Crippen molar-refractivity contribution in [1.29, 1.82) is 0 Å². The molecule has 2 aromatic carbocycles. The predicted octanol–water partition coefficient (Wildman–Crippen LogP) is 4.07. The number of carbonyl (C=O) groups excluding carboxylic acids is 1. The summed E-state index contributed by atoms with van der Waals surface area (Å²) < 4.78 is 56.3. The largest absolute Gasteiger partial charge is 0.444 e. The second-order valence-corrected chi connectivity index (χ2v) is 13.5. The molecule has 0 unspecified atom stereocenters. The molecule has 0 aliphatic carbocycles. The molecule has 176 valence electrons. The van der Waals surface area contributed by atoms with Gasteiger partial charge in [0, 0.05) is 11.8 Å². The number of alkyl carbamates (subject to hydrolysis) is 1. The fraction of sp³-hybridized carbons (Fsp3) is 0.273. The van der Waals surface area contributed by atoms with Crippen LogP contribution in [0.1, 0.15) is 25.8 Å². The second-order valence-electron chi connectivity index (χ2n) is 8.23. The molecule has 11 heteroatoms. The van der Waals surface area contributed by atoms with E-state index in [1.54, 1.807) is 51.1 Å². The Balaban J connectivity index is 1.98. The lowest BCUT2D eigenvalue weighted by Crippen LogP contribution is -2.32. The fourth-order valence-electron chi connectivity index (χ4n) is 2.88. The van der Waals surface area contributed by atoms with E-state index in [4.69, 9.17) is 4.74 Å². The minimum absolute atomic E-state index is 0.00990. The summed E-state index contributed by atoms with van der Waals surface area (Å²) >= 11 is 0.893. The first kappa shape index (κ1) is 24.9. The van der Waals surface area contributed by atoms with Gasteiger partial charge in [0.25, 0.3) is 0 Å². The lowest BCUT2D eigenvalue weighted by atomic mass is 10.1. The van der Waals surface area contributed by atoms with Crippen LogP contribution in [0, 0.1) is 0 Å². The summed E-state index contributed by atoms with van der Waals surface area (Å²) in [4.78, 5) is 15.7. The Labute approximate surface area is 197 Å². The first-order valence-corrected chi connectivity index (χ1v) is 14.0. The molecular weight excluding hydrogens is 484 g/mol. The number of hydrogen-bond donors (Lipinski definition) is 1. The van der Waals surface area contributed by atoms with Crippen molar-refractivity contribution in [2.24, 2.45) is 0 Å². The van der Waals surface area contributed by atoms with Gasteiger partial charge in [-0.2, -0.15) is 0 Å². The molecule has 0 bridgehead atoms. The number of benzene rings is 2. The van der Waals surface area contributed by atoms with E-state index in [1.807, 2.05) is 0 Å². The molecule has 8 nitrogen and oxygen atoms in total. The van der Waals surface area contributed by atoms with Gasteiger partial charge in [-0.3, -0.25) is 0 Å². The van der Waals surface area contributed by atoms with E-state index in [2.05, 4.69) is 10.3 Å². The fourth-order valence-corrected chi connectivity index (χ4v) is 6.35. The number of carbonyl (C=O) groups is 1. The molecular formula is C22H24N2O6S3. The maximum Gasteiger partial charge on any atom is 0.408 e. The summed E-state index contributed by atoms with van der Waals surface area (Å²) in [7, 11) is -7.73. The van der Waals surface area contributed by atoms with Crippen molar-refractivity contribution in [3.8, 4) is 11.1 Å². The lowest BCUT2D eigenvalue weighted by molar-refractivity contribution is 0.0523. The summed E-state index contributed by atoms with van der Waals surface area (Å²) in [5.74, 6) is 0. The standard InChI is InChI=1S/C22H24N2O6S3/c1-22(2,3)30-21(25)24-13-19-23-14-20(31-19)33(28,29)18-12-16(32(4,26)27)10-11-17(18)15-8-6-5-7-9-15/h5-12,14H,13H2,1-4H3,(H,24,25). The Morgan fingerprint density at radius 3 is 2.33 bits per heavy atom. The molecule has 33 heavy (non-hydrogen) atoms. The Bertz CT molecular complexity index is 1370. The third kappa shape index (κ3) is 6.18. The minimum atomic E-state index is -4.10. The molecule has 0 fully saturated rings. The Morgan fingerprint density at radius 2 is 1.73 bits per heavy atom. The van der Waals surface area contributed by atoms with Crippen LogP contribution in [0.3, 0.4) is 0 Å². The van der Waals surface area contributed by atoms with E-state index in [-0.39, 0.29) is 20.5 Å². The number of amides is 1. The maximum absolute atomic E-state index is 13.5. The molecule has 0 radical (unpaired) electrons. The van der Waals surface area contributed by atoms with Gasteiger partial charge in [-0.15, -0.1) is 11.3 Å². The van der Waals surface area contributed by atoms with E-state index >= 15 is 0 Å². The van der Waals surface area contributed by atoms with Crippen LogP contribution in [0.5, 0.6) is 0 Å². The van der Waals surface area contributed by atoms with Gasteiger partial charge in [0.2, 0.25) is 9.84 Å². The monoisotopic (exact) mass is 508 g/mol. The number of nitrogens with one attached hydrogen (secondary N) is 1. The molecule has 0 saturated heterocycles. The van der Waals surface area contributed by atoms with E-state index < -0.39 is 31.4 Å². The van der Waals surface area contributed by atoms with Crippen LogP contribution in [0.15, 0.2) is 68.7 Å². The van der Waals surface area contributed by atoms with E-state index in [1.165, 1.54) is 24.4 Å². The van der Waals surface area contributed by atoms with Crippen molar-refractivity contribution >= 4 is 37.1 Å². The quantitative estimate of drug-likeness (QED) is 0.533. The molecule has 1 aromatic heterocycles. The lowest BCUT2D eigenvalue weighted by Gasteiger charge is -2.19. The first-order valence-electron chi connectivity index (χ1n) is 9.83. The molecule has 3 aromatic rings. The summed E-state index contributed by atoms with van der Waals surface area (Å²) in [5.41, 5.74) is 0.345. The Morgan fingerprint density at radius 1 is 1.06 bits per heavy atom. The van der Waals surface area contributed by atoms with Gasteiger partial charge in [0.15, 0.2) is 9.84 Å². The zero-order valence-electron chi connectivity index (χ0n) is 18.5. The highest BCUT2D eigenvalue weighted by molar-refractivity contribution is 7.93. The minimum Gasteiger partial charge on any atom is -0.444 e. The van der Waals surface area contributed by atoms with Crippen LogP contribution in [0.4, 0.5) is 4.79 Å². The molecule has 0 aliphatic heterocycles. The molecule has 1 amide bonds.